The van der Waals surface area contributed by atoms with Crippen molar-refractivity contribution in [3.8, 4) is 0 Å². The molecule has 4 rings (SSSR count). The predicted octanol–water partition coefficient (Wildman–Crippen LogP) is 0.163. The molecule has 3 aliphatic heterocycles. The van der Waals surface area contributed by atoms with Crippen molar-refractivity contribution in [1.82, 2.24) is 0 Å². The van der Waals surface area contributed by atoms with E-state index in [1.54, 1.807) is 0 Å². The maximum Gasteiger partial charge on any atom is 0.422 e. The molecule has 0 aromatic carbocycles. The third kappa shape index (κ3) is 3.74. The minimum Gasteiger partial charge on any atom is -0.455 e. The van der Waals surface area contributed by atoms with E-state index in [0.717, 1.165) is 0 Å². The Morgan fingerprint density at radius 2 is 1.81 bits per heavy atom. The number of carbonyl (C=O) groups excluding carboxylic acids is 5. The fourth-order valence-electron chi connectivity index (χ4n) is 4.38. The summed E-state index contributed by atoms with van der Waals surface area (Å²) >= 11 is 0. The van der Waals surface area contributed by atoms with Crippen LogP contribution < -0.4 is 0 Å². The molecule has 32 heavy (non-hydrogen) atoms. The van der Waals surface area contributed by atoms with E-state index in [4.69, 9.17) is 18.9 Å². The summed E-state index contributed by atoms with van der Waals surface area (Å²) in [6.45, 7) is 1.38. The molecule has 13 heteroatoms. The molecule has 1 saturated carbocycles. The first-order valence-electron chi connectivity index (χ1n) is 9.71. The summed E-state index contributed by atoms with van der Waals surface area (Å²) in [6.07, 6.45) is -9.06. The van der Waals surface area contributed by atoms with Crippen molar-refractivity contribution in [2.24, 2.45) is 11.8 Å². The van der Waals surface area contributed by atoms with Crippen LogP contribution in [0.1, 0.15) is 19.3 Å². The Morgan fingerprint density at radius 3 is 2.44 bits per heavy atom. The number of Topliss-reactive ketones (excluding diaryl/α,β-unsaturated/α-hetero) is 1. The van der Waals surface area contributed by atoms with Crippen LogP contribution >= 0.6 is 0 Å². The third-order valence-corrected chi connectivity index (χ3v) is 5.86. The second kappa shape index (κ2) is 7.87. The van der Waals surface area contributed by atoms with Gasteiger partial charge >= 0.3 is 30.1 Å². The van der Waals surface area contributed by atoms with Crippen LogP contribution in [0.3, 0.4) is 0 Å². The molecule has 3 saturated heterocycles. The van der Waals surface area contributed by atoms with Crippen LogP contribution in [-0.4, -0.2) is 73.0 Å². The minimum absolute atomic E-state index is 0.237. The van der Waals surface area contributed by atoms with Gasteiger partial charge in [0.1, 0.15) is 29.6 Å². The normalized spacial score (nSPS) is 34.9. The predicted molar refractivity (Wildman–Crippen MR) is 90.3 cm³/mol. The molecule has 0 amide bonds. The first-order valence-corrected chi connectivity index (χ1v) is 9.71. The number of hydrogen-bond donors (Lipinski definition) is 0. The summed E-state index contributed by atoms with van der Waals surface area (Å²) in [6, 6.07) is 0. The molecule has 7 atom stereocenters. The number of halogens is 3. The number of fused-ring (bicyclic) bond motifs is 1. The number of alkyl halides is 3. The first-order chi connectivity index (χ1) is 15.0. The van der Waals surface area contributed by atoms with Crippen molar-refractivity contribution < 1.29 is 60.8 Å². The Bertz CT molecular complexity index is 896. The lowest BCUT2D eigenvalue weighted by atomic mass is 9.78. The monoisotopic (exact) mass is 462 g/mol. The van der Waals surface area contributed by atoms with Crippen LogP contribution in [0.2, 0.25) is 0 Å². The van der Waals surface area contributed by atoms with Gasteiger partial charge in [0.15, 0.2) is 30.7 Å². The van der Waals surface area contributed by atoms with Crippen molar-refractivity contribution in [3.05, 3.63) is 12.2 Å². The molecule has 174 valence electrons. The van der Waals surface area contributed by atoms with Gasteiger partial charge in [-0.1, -0.05) is 6.58 Å². The molecule has 1 aliphatic carbocycles. The maximum absolute atomic E-state index is 12.7. The van der Waals surface area contributed by atoms with Gasteiger partial charge < -0.3 is 23.7 Å². The Balaban J connectivity index is 1.39. The average molecular weight is 462 g/mol. The van der Waals surface area contributed by atoms with Gasteiger partial charge in [-0.25, -0.2) is 9.59 Å². The van der Waals surface area contributed by atoms with E-state index >= 15 is 0 Å². The number of hydrogen-bond acceptors (Lipinski definition) is 10. The second-order valence-corrected chi connectivity index (χ2v) is 7.81. The van der Waals surface area contributed by atoms with Crippen molar-refractivity contribution >= 4 is 29.7 Å². The highest BCUT2D eigenvalue weighted by atomic mass is 19.4. The summed E-state index contributed by atoms with van der Waals surface area (Å²) in [5.41, 5.74) is -1.80. The highest BCUT2D eigenvalue weighted by molar-refractivity contribution is 5.91. The lowest BCUT2D eigenvalue weighted by molar-refractivity contribution is -0.172. The summed E-state index contributed by atoms with van der Waals surface area (Å²) in [7, 11) is 0. The molecule has 7 unspecified atom stereocenters. The SMILES string of the molecule is C=C(C(=O)OCC(=O)OC1C2OC(=O)C3C2OC1C3C(=O)OC1CCCC1=O)C(F)(F)F. The van der Waals surface area contributed by atoms with Gasteiger partial charge in [-0.2, -0.15) is 13.2 Å². The Kier molecular flexibility index (Phi) is 5.47. The van der Waals surface area contributed by atoms with Gasteiger partial charge in [0.05, 0.1) is 0 Å². The Labute approximate surface area is 177 Å². The van der Waals surface area contributed by atoms with E-state index in [0.29, 0.717) is 12.8 Å². The van der Waals surface area contributed by atoms with Gasteiger partial charge in [-0.3, -0.25) is 14.4 Å². The zero-order chi connectivity index (χ0) is 23.4. The topological polar surface area (TPSA) is 132 Å². The van der Waals surface area contributed by atoms with Crippen molar-refractivity contribution in [2.45, 2.75) is 56.0 Å². The van der Waals surface area contributed by atoms with Gasteiger partial charge in [0.2, 0.25) is 0 Å². The number of carbonyl (C=O) groups is 5. The van der Waals surface area contributed by atoms with Crippen LogP contribution in [-0.2, 0) is 47.7 Å². The zero-order valence-corrected chi connectivity index (χ0v) is 16.3. The first kappa shape index (κ1) is 22.2. The Morgan fingerprint density at radius 1 is 1.09 bits per heavy atom. The molecular formula is C19H17F3O10. The summed E-state index contributed by atoms with van der Waals surface area (Å²) in [4.78, 5) is 60.1. The quantitative estimate of drug-likeness (QED) is 0.306. The molecule has 0 aromatic rings. The minimum atomic E-state index is -5.03. The van der Waals surface area contributed by atoms with Crippen molar-refractivity contribution in [1.29, 1.82) is 0 Å². The molecular weight excluding hydrogens is 445 g/mol. The average Bonchev–Trinajstić information content (AvgIpc) is 3.43. The van der Waals surface area contributed by atoms with E-state index in [1.807, 2.05) is 0 Å². The van der Waals surface area contributed by atoms with Crippen molar-refractivity contribution in [2.75, 3.05) is 6.61 Å². The van der Waals surface area contributed by atoms with Crippen LogP contribution in [0.25, 0.3) is 0 Å². The maximum atomic E-state index is 12.7. The highest BCUT2D eigenvalue weighted by Crippen LogP contribution is 2.51. The lowest BCUT2D eigenvalue weighted by Crippen LogP contribution is -2.48. The highest BCUT2D eigenvalue weighted by Gasteiger charge is 2.72. The number of rotatable bonds is 6. The molecule has 2 bridgehead atoms. The summed E-state index contributed by atoms with van der Waals surface area (Å²) < 4.78 is 62.6. The number of ether oxygens (including phenoxy) is 5. The van der Waals surface area contributed by atoms with Crippen LogP contribution in [0.5, 0.6) is 0 Å². The lowest BCUT2D eigenvalue weighted by Gasteiger charge is -2.27. The third-order valence-electron chi connectivity index (χ3n) is 5.86. The van der Waals surface area contributed by atoms with E-state index in [2.05, 4.69) is 11.3 Å². The van der Waals surface area contributed by atoms with E-state index in [9.17, 15) is 37.1 Å². The van der Waals surface area contributed by atoms with Crippen molar-refractivity contribution in [3.63, 3.8) is 0 Å². The number of esters is 4. The Hall–Kier alpha value is -2.96. The molecule has 0 N–H and O–H groups in total. The van der Waals surface area contributed by atoms with Crippen LogP contribution in [0.15, 0.2) is 12.2 Å². The standard InChI is InChI=1S/C19H17F3O10/c1-6(19(20,21)22)16(25)28-5-9(24)30-14-12-10(11-13(31-12)15(14)32-18(11)27)17(26)29-8-4-2-3-7(8)23/h8,10-15H,1-5H2. The van der Waals surface area contributed by atoms with Gasteiger partial charge in [0, 0.05) is 6.42 Å². The smallest absolute Gasteiger partial charge is 0.422 e. The van der Waals surface area contributed by atoms with Crippen LogP contribution in [0.4, 0.5) is 13.2 Å². The molecule has 0 radical (unpaired) electrons. The fourth-order valence-corrected chi connectivity index (χ4v) is 4.38. The molecule has 10 nitrogen and oxygen atoms in total. The number of ketones is 1. The van der Waals surface area contributed by atoms with E-state index in [-0.39, 0.29) is 12.2 Å². The van der Waals surface area contributed by atoms with Gasteiger partial charge in [-0.05, 0) is 12.8 Å². The molecule has 4 aliphatic rings. The fraction of sp³-hybridized carbons (Fsp3) is 0.632. The summed E-state index contributed by atoms with van der Waals surface area (Å²) in [5.74, 6) is -7.13. The summed E-state index contributed by atoms with van der Waals surface area (Å²) in [5, 5.41) is 0. The van der Waals surface area contributed by atoms with Gasteiger partial charge in [-0.15, -0.1) is 0 Å². The molecule has 3 heterocycles. The molecule has 0 aromatic heterocycles. The molecule has 4 fully saturated rings. The second-order valence-electron chi connectivity index (χ2n) is 7.81. The van der Waals surface area contributed by atoms with E-state index < -0.39 is 84.6 Å². The molecule has 0 spiro atoms. The zero-order valence-electron chi connectivity index (χ0n) is 16.3. The largest absolute Gasteiger partial charge is 0.455 e. The van der Waals surface area contributed by atoms with Crippen LogP contribution in [0, 0.1) is 11.8 Å². The van der Waals surface area contributed by atoms with E-state index in [1.165, 1.54) is 0 Å². The van der Waals surface area contributed by atoms with Gasteiger partial charge in [0.25, 0.3) is 0 Å².